The fourth-order valence-corrected chi connectivity index (χ4v) is 2.83. The highest BCUT2D eigenvalue weighted by molar-refractivity contribution is 6.30. The second-order valence-corrected chi connectivity index (χ2v) is 5.90. The number of rotatable bonds is 3. The molecule has 0 saturated heterocycles. The summed E-state index contributed by atoms with van der Waals surface area (Å²) >= 11 is 5.94. The first-order valence-corrected chi connectivity index (χ1v) is 7.35. The van der Waals surface area contributed by atoms with E-state index in [9.17, 15) is 4.79 Å². The van der Waals surface area contributed by atoms with Crippen LogP contribution >= 0.6 is 11.6 Å². The third-order valence-electron chi connectivity index (χ3n) is 3.78. The number of nitrogens with one attached hydrogen (secondary N) is 1. The van der Waals surface area contributed by atoms with Crippen molar-refractivity contribution >= 4 is 28.8 Å². The minimum atomic E-state index is 0.393. The lowest BCUT2D eigenvalue weighted by Gasteiger charge is -2.06. The molecule has 3 rings (SSSR count). The Balaban J connectivity index is 2.30. The minimum absolute atomic E-state index is 0.393. The van der Waals surface area contributed by atoms with Crippen LogP contribution in [0.5, 0.6) is 0 Å². The maximum Gasteiger partial charge on any atom is 0.152 e. The molecule has 0 aliphatic rings. The zero-order chi connectivity index (χ0) is 15.0. The number of aldehydes is 1. The Hall–Kier alpha value is -2.06. The topological polar surface area (TPSA) is 32.9 Å². The number of hydrogen-bond donors (Lipinski definition) is 1. The van der Waals surface area contributed by atoms with Gasteiger partial charge >= 0.3 is 0 Å². The third-order valence-corrected chi connectivity index (χ3v) is 4.03. The largest absolute Gasteiger partial charge is 0.354 e. The SMILES string of the molecule is CC(C)c1cccc2c(C=O)c(-c3ccc(Cl)cc3)[nH]c12. The number of hydrogen-bond acceptors (Lipinski definition) is 1. The minimum Gasteiger partial charge on any atom is -0.354 e. The number of fused-ring (bicyclic) bond motifs is 1. The molecule has 1 heterocycles. The Morgan fingerprint density at radius 1 is 1.10 bits per heavy atom. The van der Waals surface area contributed by atoms with Gasteiger partial charge < -0.3 is 4.98 Å². The molecule has 21 heavy (non-hydrogen) atoms. The van der Waals surface area contributed by atoms with Gasteiger partial charge in [0.05, 0.1) is 11.2 Å². The Morgan fingerprint density at radius 2 is 1.81 bits per heavy atom. The smallest absolute Gasteiger partial charge is 0.152 e. The van der Waals surface area contributed by atoms with Crippen LogP contribution in [-0.2, 0) is 0 Å². The number of carbonyl (C=O) groups is 1. The fraction of sp³-hybridized carbons (Fsp3) is 0.167. The Kier molecular flexibility index (Phi) is 3.56. The van der Waals surface area contributed by atoms with Crippen LogP contribution < -0.4 is 0 Å². The van der Waals surface area contributed by atoms with Crippen LogP contribution in [-0.4, -0.2) is 11.3 Å². The number of halogens is 1. The summed E-state index contributed by atoms with van der Waals surface area (Å²) in [6.45, 7) is 4.30. The summed E-state index contributed by atoms with van der Waals surface area (Å²) < 4.78 is 0. The lowest BCUT2D eigenvalue weighted by Crippen LogP contribution is -1.88. The highest BCUT2D eigenvalue weighted by atomic mass is 35.5. The Labute approximate surface area is 128 Å². The molecule has 0 spiro atoms. The van der Waals surface area contributed by atoms with Gasteiger partial charge in [-0.15, -0.1) is 0 Å². The molecule has 3 aromatic rings. The van der Waals surface area contributed by atoms with Crippen molar-refractivity contribution in [1.29, 1.82) is 0 Å². The molecule has 0 aliphatic carbocycles. The predicted molar refractivity (Wildman–Crippen MR) is 88.2 cm³/mol. The maximum absolute atomic E-state index is 11.6. The van der Waals surface area contributed by atoms with Crippen molar-refractivity contribution in [2.75, 3.05) is 0 Å². The first-order valence-electron chi connectivity index (χ1n) is 6.97. The highest BCUT2D eigenvalue weighted by Crippen LogP contribution is 2.33. The van der Waals surface area contributed by atoms with Crippen molar-refractivity contribution in [1.82, 2.24) is 4.98 Å². The van der Waals surface area contributed by atoms with E-state index in [-0.39, 0.29) is 0 Å². The van der Waals surface area contributed by atoms with E-state index < -0.39 is 0 Å². The van der Waals surface area contributed by atoms with E-state index in [0.29, 0.717) is 16.5 Å². The van der Waals surface area contributed by atoms with Gasteiger partial charge in [-0.25, -0.2) is 0 Å². The van der Waals surface area contributed by atoms with Crippen molar-refractivity contribution in [3.05, 3.63) is 58.6 Å². The summed E-state index contributed by atoms with van der Waals surface area (Å²) in [4.78, 5) is 15.0. The monoisotopic (exact) mass is 297 g/mol. The molecule has 0 bridgehead atoms. The van der Waals surface area contributed by atoms with Gasteiger partial charge in [-0.05, 0) is 29.2 Å². The zero-order valence-electron chi connectivity index (χ0n) is 12.0. The lowest BCUT2D eigenvalue weighted by molar-refractivity contribution is 0.112. The Bertz CT molecular complexity index is 800. The molecule has 0 amide bonds. The van der Waals surface area contributed by atoms with Crippen LogP contribution in [0.4, 0.5) is 0 Å². The predicted octanol–water partition coefficient (Wildman–Crippen LogP) is 5.42. The second kappa shape index (κ2) is 5.38. The number of aromatic amines is 1. The molecule has 0 aliphatic heterocycles. The molecule has 106 valence electrons. The molecule has 0 atom stereocenters. The van der Waals surface area contributed by atoms with E-state index in [1.165, 1.54) is 5.56 Å². The van der Waals surface area contributed by atoms with Gasteiger partial charge in [-0.1, -0.05) is 55.8 Å². The molecule has 2 aromatic carbocycles. The van der Waals surface area contributed by atoms with E-state index in [4.69, 9.17) is 11.6 Å². The molecule has 0 unspecified atom stereocenters. The number of aromatic nitrogens is 1. The first-order chi connectivity index (χ1) is 10.1. The van der Waals surface area contributed by atoms with Crippen molar-refractivity contribution in [2.45, 2.75) is 19.8 Å². The molecule has 0 saturated carbocycles. The van der Waals surface area contributed by atoms with Crippen molar-refractivity contribution < 1.29 is 4.79 Å². The highest BCUT2D eigenvalue weighted by Gasteiger charge is 2.15. The maximum atomic E-state index is 11.6. The molecule has 2 nitrogen and oxygen atoms in total. The van der Waals surface area contributed by atoms with Crippen LogP contribution in [0.2, 0.25) is 5.02 Å². The summed E-state index contributed by atoms with van der Waals surface area (Å²) in [6, 6.07) is 13.6. The van der Waals surface area contributed by atoms with Crippen molar-refractivity contribution in [3.63, 3.8) is 0 Å². The molecular weight excluding hydrogens is 282 g/mol. The van der Waals surface area contributed by atoms with E-state index in [0.717, 1.165) is 28.4 Å². The summed E-state index contributed by atoms with van der Waals surface area (Å²) in [5, 5.41) is 1.66. The van der Waals surface area contributed by atoms with Crippen LogP contribution in [0.3, 0.4) is 0 Å². The first kappa shape index (κ1) is 13.9. The van der Waals surface area contributed by atoms with Gasteiger partial charge in [0.2, 0.25) is 0 Å². The van der Waals surface area contributed by atoms with E-state index in [1.807, 2.05) is 36.4 Å². The zero-order valence-corrected chi connectivity index (χ0v) is 12.7. The van der Waals surface area contributed by atoms with Gasteiger partial charge in [0.1, 0.15) is 0 Å². The van der Waals surface area contributed by atoms with Crippen molar-refractivity contribution in [3.8, 4) is 11.3 Å². The molecule has 0 radical (unpaired) electrons. The summed E-state index contributed by atoms with van der Waals surface area (Å²) in [6.07, 6.45) is 0.923. The number of H-pyrrole nitrogens is 1. The van der Waals surface area contributed by atoms with Crippen LogP contribution in [0.1, 0.15) is 35.7 Å². The molecule has 3 heteroatoms. The Morgan fingerprint density at radius 3 is 2.43 bits per heavy atom. The van der Waals surface area contributed by atoms with Gasteiger partial charge in [0.15, 0.2) is 6.29 Å². The number of benzene rings is 2. The summed E-state index contributed by atoms with van der Waals surface area (Å²) in [7, 11) is 0. The van der Waals surface area contributed by atoms with Gasteiger partial charge in [-0.3, -0.25) is 4.79 Å². The van der Waals surface area contributed by atoms with Gasteiger partial charge in [0, 0.05) is 16.0 Å². The molecule has 1 aromatic heterocycles. The van der Waals surface area contributed by atoms with Gasteiger partial charge in [0.25, 0.3) is 0 Å². The lowest BCUT2D eigenvalue weighted by atomic mass is 9.99. The average Bonchev–Trinajstić information content (AvgIpc) is 2.86. The van der Waals surface area contributed by atoms with E-state index in [2.05, 4.69) is 24.9 Å². The second-order valence-electron chi connectivity index (χ2n) is 5.46. The third kappa shape index (κ3) is 2.36. The summed E-state index contributed by atoms with van der Waals surface area (Å²) in [5.74, 6) is 0.393. The van der Waals surface area contributed by atoms with Crippen molar-refractivity contribution in [2.24, 2.45) is 0 Å². The van der Waals surface area contributed by atoms with Crippen LogP contribution in [0, 0.1) is 0 Å². The number of carbonyl (C=O) groups excluding carboxylic acids is 1. The fourth-order valence-electron chi connectivity index (χ4n) is 2.71. The molecule has 0 fully saturated rings. The summed E-state index contributed by atoms with van der Waals surface area (Å²) in [5.41, 5.74) is 4.78. The van der Waals surface area contributed by atoms with E-state index in [1.54, 1.807) is 0 Å². The molecule has 1 N–H and O–H groups in total. The number of para-hydroxylation sites is 1. The standard InChI is InChI=1S/C18H16ClNO/c1-11(2)14-4-3-5-15-16(10-21)17(20-18(14)15)12-6-8-13(19)9-7-12/h3-11,20H,1-2H3. The van der Waals surface area contributed by atoms with Crippen LogP contribution in [0.15, 0.2) is 42.5 Å². The molecular formula is C18H16ClNO. The van der Waals surface area contributed by atoms with Gasteiger partial charge in [-0.2, -0.15) is 0 Å². The van der Waals surface area contributed by atoms with E-state index >= 15 is 0 Å². The quantitative estimate of drug-likeness (QED) is 0.643. The normalized spacial score (nSPS) is 11.2. The average molecular weight is 298 g/mol. The van der Waals surface area contributed by atoms with Crippen LogP contribution in [0.25, 0.3) is 22.2 Å².